The molecular weight excluding hydrogens is 264 g/mol. The number of imidazole rings is 1. The highest BCUT2D eigenvalue weighted by atomic mass is 32.2. The predicted molar refractivity (Wildman–Crippen MR) is 73.4 cm³/mol. The highest BCUT2D eigenvalue weighted by molar-refractivity contribution is 7.89. The van der Waals surface area contributed by atoms with Gasteiger partial charge in [-0.05, 0) is 13.8 Å². The van der Waals surface area contributed by atoms with Gasteiger partial charge < -0.3 is 4.98 Å². The van der Waals surface area contributed by atoms with Gasteiger partial charge in [-0.15, -0.1) is 0 Å². The maximum Gasteiger partial charge on any atom is 0.260 e. The molecule has 0 bridgehead atoms. The largest absolute Gasteiger partial charge is 0.332 e. The quantitative estimate of drug-likeness (QED) is 0.884. The Kier molecular flexibility index (Phi) is 4.27. The molecule has 0 atom stereocenters. The second-order valence-corrected chi connectivity index (χ2v) is 6.99. The Bertz CT molecular complexity index is 516. The summed E-state index contributed by atoms with van der Waals surface area (Å²) in [5.74, 6) is 0.708. The summed E-state index contributed by atoms with van der Waals surface area (Å²) >= 11 is 0. The highest BCUT2D eigenvalue weighted by Crippen LogP contribution is 2.16. The second-order valence-electron chi connectivity index (χ2n) is 5.08. The molecule has 108 valence electrons. The average Bonchev–Trinajstić information content (AvgIpc) is 2.88. The van der Waals surface area contributed by atoms with Crippen LogP contribution in [-0.2, 0) is 16.4 Å². The van der Waals surface area contributed by atoms with E-state index in [4.69, 9.17) is 0 Å². The van der Waals surface area contributed by atoms with Gasteiger partial charge in [0.25, 0.3) is 10.0 Å². The smallest absolute Gasteiger partial charge is 0.260 e. The van der Waals surface area contributed by atoms with Crippen LogP contribution in [0.4, 0.5) is 0 Å². The van der Waals surface area contributed by atoms with Crippen molar-refractivity contribution in [1.82, 2.24) is 19.2 Å². The summed E-state index contributed by atoms with van der Waals surface area (Å²) < 4.78 is 26.4. The molecule has 2 rings (SSSR count). The predicted octanol–water partition coefficient (Wildman–Crippen LogP) is 0.687. The highest BCUT2D eigenvalue weighted by Gasteiger charge is 2.30. The van der Waals surface area contributed by atoms with Crippen LogP contribution in [0.1, 0.15) is 26.6 Å². The number of nitrogens with zero attached hydrogens (tertiary/aromatic N) is 3. The zero-order valence-electron chi connectivity index (χ0n) is 11.8. The maximum atomic E-state index is 12.4. The number of H-pyrrole nitrogens is 1. The number of aromatic nitrogens is 2. The van der Waals surface area contributed by atoms with Gasteiger partial charge in [0.05, 0.1) is 6.20 Å². The molecule has 1 aromatic heterocycles. The van der Waals surface area contributed by atoms with Gasteiger partial charge in [0, 0.05) is 38.6 Å². The fraction of sp³-hybridized carbons (Fsp3) is 0.750. The molecule has 2 heterocycles. The standard InChI is InChI=1S/C12H22N4O2S/c1-4-11-13-9-12(14-11)19(17,18)16-7-5-15(6-8-16)10(2)3/h9-10H,4-8H2,1-3H3,(H,13,14). The lowest BCUT2D eigenvalue weighted by Gasteiger charge is -2.35. The fourth-order valence-corrected chi connectivity index (χ4v) is 3.61. The number of aryl methyl sites for hydroxylation is 1. The maximum absolute atomic E-state index is 12.4. The first-order valence-corrected chi connectivity index (χ1v) is 8.17. The molecule has 19 heavy (non-hydrogen) atoms. The number of piperazine rings is 1. The monoisotopic (exact) mass is 286 g/mol. The molecule has 1 fully saturated rings. The molecule has 1 aliphatic rings. The van der Waals surface area contributed by atoms with Gasteiger partial charge in [-0.1, -0.05) is 6.92 Å². The molecule has 0 aromatic carbocycles. The molecule has 1 aromatic rings. The summed E-state index contributed by atoms with van der Waals surface area (Å²) in [6.45, 7) is 8.86. The molecule has 1 aliphatic heterocycles. The van der Waals surface area contributed by atoms with Gasteiger partial charge >= 0.3 is 0 Å². The second kappa shape index (κ2) is 5.60. The Labute approximate surface area is 114 Å². The van der Waals surface area contributed by atoms with E-state index >= 15 is 0 Å². The van der Waals surface area contributed by atoms with Crippen LogP contribution in [0.15, 0.2) is 11.2 Å². The van der Waals surface area contributed by atoms with Gasteiger partial charge in [-0.25, -0.2) is 13.4 Å². The minimum absolute atomic E-state index is 0.211. The molecule has 0 amide bonds. The van der Waals surface area contributed by atoms with Crippen molar-refractivity contribution in [3.05, 3.63) is 12.0 Å². The van der Waals surface area contributed by atoms with Crippen molar-refractivity contribution in [3.8, 4) is 0 Å². The number of hydrogen-bond acceptors (Lipinski definition) is 4. The first kappa shape index (κ1) is 14.5. The summed E-state index contributed by atoms with van der Waals surface area (Å²) in [7, 11) is -3.41. The van der Waals surface area contributed by atoms with E-state index in [1.54, 1.807) is 4.31 Å². The van der Waals surface area contributed by atoms with Gasteiger partial charge in [-0.2, -0.15) is 4.31 Å². The fourth-order valence-electron chi connectivity index (χ4n) is 2.25. The summed E-state index contributed by atoms with van der Waals surface area (Å²) in [6, 6.07) is 0.462. The van der Waals surface area contributed by atoms with E-state index < -0.39 is 10.0 Å². The van der Waals surface area contributed by atoms with Crippen LogP contribution in [0, 0.1) is 0 Å². The Balaban J connectivity index is 2.09. The minimum atomic E-state index is -3.41. The number of nitrogens with one attached hydrogen (secondary N) is 1. The molecule has 7 heteroatoms. The van der Waals surface area contributed by atoms with E-state index in [1.165, 1.54) is 6.20 Å². The third kappa shape index (κ3) is 2.98. The number of hydrogen-bond donors (Lipinski definition) is 1. The van der Waals surface area contributed by atoms with Crippen LogP contribution >= 0.6 is 0 Å². The van der Waals surface area contributed by atoms with E-state index in [0.29, 0.717) is 31.4 Å². The molecule has 1 N–H and O–H groups in total. The Morgan fingerprint density at radius 3 is 2.42 bits per heavy atom. The van der Waals surface area contributed by atoms with Gasteiger partial charge in [0.2, 0.25) is 0 Å². The Morgan fingerprint density at radius 2 is 1.95 bits per heavy atom. The van der Waals surface area contributed by atoms with Crippen molar-refractivity contribution in [1.29, 1.82) is 0 Å². The number of aromatic amines is 1. The number of sulfonamides is 1. The van der Waals surface area contributed by atoms with Crippen LogP contribution < -0.4 is 0 Å². The lowest BCUT2D eigenvalue weighted by atomic mass is 10.3. The Morgan fingerprint density at radius 1 is 1.32 bits per heavy atom. The number of rotatable bonds is 4. The molecule has 0 unspecified atom stereocenters. The van der Waals surface area contributed by atoms with Crippen LogP contribution in [-0.4, -0.2) is 59.8 Å². The van der Waals surface area contributed by atoms with Crippen molar-refractivity contribution in [2.45, 2.75) is 38.3 Å². The topological polar surface area (TPSA) is 69.3 Å². The van der Waals surface area contributed by atoms with E-state index in [1.807, 2.05) is 6.92 Å². The third-order valence-corrected chi connectivity index (χ3v) is 5.37. The van der Waals surface area contributed by atoms with Crippen molar-refractivity contribution in [2.24, 2.45) is 0 Å². The van der Waals surface area contributed by atoms with Crippen LogP contribution in [0.3, 0.4) is 0 Å². The molecule has 6 nitrogen and oxygen atoms in total. The molecule has 0 aliphatic carbocycles. The minimum Gasteiger partial charge on any atom is -0.332 e. The van der Waals surface area contributed by atoms with Crippen LogP contribution in [0.25, 0.3) is 0 Å². The zero-order chi connectivity index (χ0) is 14.0. The summed E-state index contributed by atoms with van der Waals surface area (Å²) in [5, 5.41) is 0.211. The Hall–Kier alpha value is -0.920. The first-order valence-electron chi connectivity index (χ1n) is 6.73. The summed E-state index contributed by atoms with van der Waals surface area (Å²) in [5.41, 5.74) is 0. The molecule has 1 saturated heterocycles. The molecule has 0 saturated carbocycles. The zero-order valence-corrected chi connectivity index (χ0v) is 12.6. The van der Waals surface area contributed by atoms with E-state index in [2.05, 4.69) is 28.7 Å². The van der Waals surface area contributed by atoms with Crippen LogP contribution in [0.2, 0.25) is 0 Å². The third-order valence-electron chi connectivity index (χ3n) is 3.56. The summed E-state index contributed by atoms with van der Waals surface area (Å²) in [4.78, 5) is 9.24. The summed E-state index contributed by atoms with van der Waals surface area (Å²) in [6.07, 6.45) is 2.12. The molecule has 0 spiro atoms. The van der Waals surface area contributed by atoms with Gasteiger partial charge in [0.1, 0.15) is 5.82 Å². The normalized spacial score (nSPS) is 19.2. The van der Waals surface area contributed by atoms with Crippen molar-refractivity contribution < 1.29 is 8.42 Å². The molecule has 0 radical (unpaired) electrons. The first-order chi connectivity index (χ1) is 8.95. The average molecular weight is 286 g/mol. The van der Waals surface area contributed by atoms with Crippen LogP contribution in [0.5, 0.6) is 0 Å². The van der Waals surface area contributed by atoms with E-state index in [-0.39, 0.29) is 5.03 Å². The molecular formula is C12H22N4O2S. The van der Waals surface area contributed by atoms with Crippen molar-refractivity contribution >= 4 is 10.0 Å². The van der Waals surface area contributed by atoms with E-state index in [0.717, 1.165) is 13.1 Å². The van der Waals surface area contributed by atoms with Crippen molar-refractivity contribution in [3.63, 3.8) is 0 Å². The van der Waals surface area contributed by atoms with E-state index in [9.17, 15) is 8.42 Å². The lowest BCUT2D eigenvalue weighted by Crippen LogP contribution is -2.50. The van der Waals surface area contributed by atoms with Gasteiger partial charge in [-0.3, -0.25) is 4.90 Å². The lowest BCUT2D eigenvalue weighted by molar-refractivity contribution is 0.154. The SMILES string of the molecule is CCc1ncc(S(=O)(=O)N2CCN(C(C)C)CC2)[nH]1. The van der Waals surface area contributed by atoms with Crippen molar-refractivity contribution in [2.75, 3.05) is 26.2 Å². The van der Waals surface area contributed by atoms with Gasteiger partial charge in [0.15, 0.2) is 5.03 Å².